The first-order chi connectivity index (χ1) is 15.5. The molecule has 3 heterocycles. The molecule has 0 saturated heterocycles. The summed E-state index contributed by atoms with van der Waals surface area (Å²) < 4.78 is 1.60. The Morgan fingerprint density at radius 1 is 1.22 bits per heavy atom. The molecule has 1 amide bonds. The Balaban J connectivity index is 1.30. The van der Waals surface area contributed by atoms with Gasteiger partial charge in [-0.05, 0) is 36.8 Å². The smallest absolute Gasteiger partial charge is 0.246 e. The summed E-state index contributed by atoms with van der Waals surface area (Å²) in [5.74, 6) is -0.158. The average Bonchev–Trinajstić information content (AvgIpc) is 3.52. The Kier molecular flexibility index (Phi) is 5.29. The van der Waals surface area contributed by atoms with E-state index >= 15 is 0 Å². The monoisotopic (exact) mass is 464 g/mol. The molecule has 2 aromatic carbocycles. The molecule has 0 aliphatic heterocycles. The zero-order valence-electron chi connectivity index (χ0n) is 16.8. The second kappa shape index (κ2) is 8.40. The second-order valence-corrected chi connectivity index (χ2v) is 8.50. The molecule has 3 aromatic heterocycles. The fourth-order valence-electron chi connectivity index (χ4n) is 3.22. The Labute approximate surface area is 191 Å². The number of carbonyl (C=O) groups is 1. The lowest BCUT2D eigenvalue weighted by molar-refractivity contribution is -0.116. The molecule has 3 N–H and O–H groups in total. The van der Waals surface area contributed by atoms with Gasteiger partial charge in [-0.3, -0.25) is 14.6 Å². The van der Waals surface area contributed by atoms with Gasteiger partial charge in [0.15, 0.2) is 0 Å². The molecule has 0 aliphatic carbocycles. The van der Waals surface area contributed by atoms with E-state index in [1.807, 2.05) is 49.5 Å². The highest BCUT2D eigenvalue weighted by atomic mass is 35.5. The topological polar surface area (TPSA) is 113 Å². The fourth-order valence-corrected chi connectivity index (χ4v) is 4.23. The summed E-state index contributed by atoms with van der Waals surface area (Å²) in [6.07, 6.45) is 5.22. The van der Waals surface area contributed by atoms with Crippen LogP contribution in [0.1, 0.15) is 5.56 Å². The summed E-state index contributed by atoms with van der Waals surface area (Å²) >= 11 is 7.86. The van der Waals surface area contributed by atoms with E-state index in [4.69, 9.17) is 11.6 Å². The quantitative estimate of drug-likeness (QED) is 0.338. The molecule has 0 aliphatic rings. The second-order valence-electron chi connectivity index (χ2n) is 7.14. The van der Waals surface area contributed by atoms with Crippen molar-refractivity contribution < 1.29 is 4.79 Å². The van der Waals surface area contributed by atoms with Crippen molar-refractivity contribution in [1.29, 1.82) is 0 Å². The Bertz CT molecular complexity index is 1420. The van der Waals surface area contributed by atoms with Gasteiger partial charge >= 0.3 is 0 Å². The molecule has 0 saturated carbocycles. The van der Waals surface area contributed by atoms with Crippen LogP contribution in [0.15, 0.2) is 55.0 Å². The summed E-state index contributed by atoms with van der Waals surface area (Å²) in [4.78, 5) is 12.3. The van der Waals surface area contributed by atoms with Crippen LogP contribution in [0.3, 0.4) is 0 Å². The fraction of sp³-hybridized carbons (Fsp3) is 0.0952. The summed E-state index contributed by atoms with van der Waals surface area (Å²) in [6.45, 7) is 2.08. The zero-order chi connectivity index (χ0) is 22.1. The number of hydrogen-bond acceptors (Lipinski definition) is 7. The van der Waals surface area contributed by atoms with E-state index in [0.29, 0.717) is 20.8 Å². The standard InChI is InChI=1S/C21H17ClN8OS/c1-12-8-24-30(10-12)11-18(31)25-14-4-2-3-13(7-14)20-28-29-21(32-20)26-17-6-5-16-15(19(17)22)9-23-27-16/h2-10H,11H2,1H3,(H,23,27)(H,25,31)(H,26,29). The van der Waals surface area contributed by atoms with Gasteiger partial charge < -0.3 is 10.6 Å². The molecule has 0 spiro atoms. The number of rotatable bonds is 6. The molecule has 9 nitrogen and oxygen atoms in total. The van der Waals surface area contributed by atoms with Gasteiger partial charge in [-0.2, -0.15) is 10.2 Å². The number of amides is 1. The van der Waals surface area contributed by atoms with E-state index in [-0.39, 0.29) is 12.5 Å². The van der Waals surface area contributed by atoms with Crippen LogP contribution in [0.25, 0.3) is 21.5 Å². The Hall–Kier alpha value is -3.76. The highest BCUT2D eigenvalue weighted by molar-refractivity contribution is 7.18. The molecule has 0 fully saturated rings. The van der Waals surface area contributed by atoms with Crippen LogP contribution >= 0.6 is 22.9 Å². The minimum atomic E-state index is -0.158. The van der Waals surface area contributed by atoms with Gasteiger partial charge in [-0.15, -0.1) is 10.2 Å². The lowest BCUT2D eigenvalue weighted by Gasteiger charge is -2.06. The van der Waals surface area contributed by atoms with Crippen molar-refractivity contribution in [3.8, 4) is 10.6 Å². The average molecular weight is 465 g/mol. The van der Waals surface area contributed by atoms with Crippen LogP contribution < -0.4 is 10.6 Å². The first-order valence-electron chi connectivity index (χ1n) is 9.66. The van der Waals surface area contributed by atoms with Crippen molar-refractivity contribution in [1.82, 2.24) is 30.2 Å². The number of nitrogens with one attached hydrogen (secondary N) is 3. The SMILES string of the molecule is Cc1cnn(CC(=O)Nc2cccc(-c3nnc(Nc4ccc5[nH]ncc5c4Cl)s3)c2)c1. The van der Waals surface area contributed by atoms with Gasteiger partial charge in [0.1, 0.15) is 11.6 Å². The maximum atomic E-state index is 12.3. The first kappa shape index (κ1) is 20.2. The number of aromatic nitrogens is 6. The molecule has 0 bridgehead atoms. The predicted molar refractivity (Wildman–Crippen MR) is 125 cm³/mol. The lowest BCUT2D eigenvalue weighted by Crippen LogP contribution is -2.18. The van der Waals surface area contributed by atoms with Gasteiger partial charge in [-0.25, -0.2) is 0 Å². The van der Waals surface area contributed by atoms with E-state index in [9.17, 15) is 4.79 Å². The largest absolute Gasteiger partial charge is 0.329 e. The van der Waals surface area contributed by atoms with E-state index < -0.39 is 0 Å². The molecule has 160 valence electrons. The predicted octanol–water partition coefficient (Wildman–Crippen LogP) is 4.62. The van der Waals surface area contributed by atoms with Crippen LogP contribution in [0.5, 0.6) is 0 Å². The number of H-pyrrole nitrogens is 1. The first-order valence-corrected chi connectivity index (χ1v) is 10.9. The van der Waals surface area contributed by atoms with Crippen molar-refractivity contribution >= 4 is 56.3 Å². The minimum Gasteiger partial charge on any atom is -0.329 e. The lowest BCUT2D eigenvalue weighted by atomic mass is 10.2. The summed E-state index contributed by atoms with van der Waals surface area (Å²) in [5.41, 5.74) is 4.11. The van der Waals surface area contributed by atoms with Gasteiger partial charge in [0.05, 0.1) is 28.6 Å². The molecule has 5 rings (SSSR count). The minimum absolute atomic E-state index is 0.146. The number of aromatic amines is 1. The summed E-state index contributed by atoms with van der Waals surface area (Å²) in [5, 5.41) is 28.3. The molecule has 5 aromatic rings. The van der Waals surface area contributed by atoms with E-state index in [1.165, 1.54) is 11.3 Å². The van der Waals surface area contributed by atoms with E-state index in [1.54, 1.807) is 17.1 Å². The van der Waals surface area contributed by atoms with Crippen LogP contribution in [-0.4, -0.2) is 36.1 Å². The third kappa shape index (κ3) is 4.18. The van der Waals surface area contributed by atoms with Crippen molar-refractivity contribution in [2.75, 3.05) is 10.6 Å². The Morgan fingerprint density at radius 2 is 2.12 bits per heavy atom. The van der Waals surface area contributed by atoms with Crippen molar-refractivity contribution in [2.45, 2.75) is 13.5 Å². The number of aryl methyl sites for hydroxylation is 1. The van der Waals surface area contributed by atoms with Gasteiger partial charge in [0.2, 0.25) is 11.0 Å². The molecule has 0 radical (unpaired) electrons. The maximum Gasteiger partial charge on any atom is 0.246 e. The number of hydrogen-bond donors (Lipinski definition) is 3. The number of halogens is 1. The molecule has 0 atom stereocenters. The molecular formula is C21H17ClN8OS. The van der Waals surface area contributed by atoms with E-state index in [0.717, 1.165) is 27.7 Å². The number of fused-ring (bicyclic) bond motifs is 1. The van der Waals surface area contributed by atoms with E-state index in [2.05, 4.69) is 36.1 Å². The number of carbonyl (C=O) groups excluding carboxylic acids is 1. The summed E-state index contributed by atoms with van der Waals surface area (Å²) in [7, 11) is 0. The van der Waals surface area contributed by atoms with Crippen LogP contribution in [0, 0.1) is 6.92 Å². The van der Waals surface area contributed by atoms with Gasteiger partial charge in [-0.1, -0.05) is 35.1 Å². The van der Waals surface area contributed by atoms with Crippen LogP contribution in [-0.2, 0) is 11.3 Å². The van der Waals surface area contributed by atoms with Crippen LogP contribution in [0.4, 0.5) is 16.5 Å². The molecule has 11 heteroatoms. The normalized spacial score (nSPS) is 11.1. The van der Waals surface area contributed by atoms with Gasteiger partial charge in [0.25, 0.3) is 0 Å². The number of anilines is 3. The van der Waals surface area contributed by atoms with Crippen molar-refractivity contribution in [3.63, 3.8) is 0 Å². The molecule has 32 heavy (non-hydrogen) atoms. The van der Waals surface area contributed by atoms with Crippen LogP contribution in [0.2, 0.25) is 5.02 Å². The third-order valence-corrected chi connectivity index (χ3v) is 5.98. The third-order valence-electron chi connectivity index (χ3n) is 4.69. The maximum absolute atomic E-state index is 12.3. The highest BCUT2D eigenvalue weighted by Gasteiger charge is 2.12. The summed E-state index contributed by atoms with van der Waals surface area (Å²) in [6, 6.07) is 11.2. The Morgan fingerprint density at radius 3 is 2.97 bits per heavy atom. The number of nitrogens with zero attached hydrogens (tertiary/aromatic N) is 5. The zero-order valence-corrected chi connectivity index (χ0v) is 18.4. The highest BCUT2D eigenvalue weighted by Crippen LogP contribution is 2.34. The van der Waals surface area contributed by atoms with Crippen molar-refractivity contribution in [3.05, 3.63) is 65.6 Å². The number of benzene rings is 2. The van der Waals surface area contributed by atoms with Gasteiger partial charge in [0, 0.05) is 22.8 Å². The van der Waals surface area contributed by atoms with Crippen molar-refractivity contribution in [2.24, 2.45) is 0 Å². The molecule has 0 unspecified atom stereocenters. The molecular weight excluding hydrogens is 448 g/mol.